The number of rotatable bonds is 17. The fourth-order valence-electron chi connectivity index (χ4n) is 5.21. The van der Waals surface area contributed by atoms with E-state index in [9.17, 15) is 0 Å². The standard InChI is InChI=1S/C34H46O3/c1-3-34(26-37-27-34)25-36-23-13-9-7-5-4-6-8-12-22-35-24-29-17-19-30(20-18-29)32-21-16-28(2)31-14-10-11-15-33(31)32/h10-11,14-21H,3-9,12-13,22-27H2,1-2H3. The summed E-state index contributed by atoms with van der Waals surface area (Å²) in [4.78, 5) is 0. The van der Waals surface area contributed by atoms with Crippen LogP contribution in [0.4, 0.5) is 0 Å². The van der Waals surface area contributed by atoms with E-state index in [-0.39, 0.29) is 0 Å². The summed E-state index contributed by atoms with van der Waals surface area (Å²) in [5, 5.41) is 2.65. The maximum Gasteiger partial charge on any atom is 0.0716 e. The summed E-state index contributed by atoms with van der Waals surface area (Å²) in [5.41, 5.74) is 5.46. The number of aryl methyl sites for hydroxylation is 1. The molecule has 0 bridgehead atoms. The summed E-state index contributed by atoms with van der Waals surface area (Å²) in [6, 6.07) is 22.0. The van der Waals surface area contributed by atoms with Gasteiger partial charge in [-0.1, -0.05) is 106 Å². The van der Waals surface area contributed by atoms with E-state index in [1.54, 1.807) is 0 Å². The second-order valence-corrected chi connectivity index (χ2v) is 11.0. The third-order valence-corrected chi connectivity index (χ3v) is 7.98. The highest BCUT2D eigenvalue weighted by atomic mass is 16.5. The van der Waals surface area contributed by atoms with Gasteiger partial charge in [-0.05, 0) is 59.2 Å². The predicted molar refractivity (Wildman–Crippen MR) is 155 cm³/mol. The maximum absolute atomic E-state index is 5.96. The van der Waals surface area contributed by atoms with Gasteiger partial charge in [-0.25, -0.2) is 0 Å². The smallest absolute Gasteiger partial charge is 0.0716 e. The Hall–Kier alpha value is -2.20. The van der Waals surface area contributed by atoms with Crippen LogP contribution in [0.25, 0.3) is 21.9 Å². The van der Waals surface area contributed by atoms with Crippen LogP contribution in [0, 0.1) is 12.3 Å². The second kappa shape index (κ2) is 14.7. The van der Waals surface area contributed by atoms with Gasteiger partial charge in [0.2, 0.25) is 0 Å². The molecule has 1 saturated heterocycles. The number of ether oxygens (including phenoxy) is 3. The van der Waals surface area contributed by atoms with Crippen LogP contribution in [0.3, 0.4) is 0 Å². The summed E-state index contributed by atoms with van der Waals surface area (Å²) in [7, 11) is 0. The van der Waals surface area contributed by atoms with E-state index in [1.807, 2.05) is 0 Å². The van der Waals surface area contributed by atoms with Gasteiger partial charge in [-0.2, -0.15) is 0 Å². The summed E-state index contributed by atoms with van der Waals surface area (Å²) in [6.07, 6.45) is 11.4. The number of unbranched alkanes of at least 4 members (excludes halogenated alkanes) is 7. The van der Waals surface area contributed by atoms with Crippen molar-refractivity contribution in [3.63, 3.8) is 0 Å². The van der Waals surface area contributed by atoms with Crippen LogP contribution >= 0.6 is 0 Å². The van der Waals surface area contributed by atoms with Gasteiger partial charge in [0, 0.05) is 18.6 Å². The first-order chi connectivity index (χ1) is 18.2. The van der Waals surface area contributed by atoms with Crippen LogP contribution in [-0.2, 0) is 20.8 Å². The van der Waals surface area contributed by atoms with Gasteiger partial charge >= 0.3 is 0 Å². The molecule has 3 aromatic rings. The number of hydrogen-bond acceptors (Lipinski definition) is 3. The molecule has 0 radical (unpaired) electrons. The molecular weight excluding hydrogens is 456 g/mol. The lowest BCUT2D eigenvalue weighted by Crippen LogP contribution is -2.45. The van der Waals surface area contributed by atoms with E-state index in [2.05, 4.69) is 74.5 Å². The third-order valence-electron chi connectivity index (χ3n) is 7.98. The average molecular weight is 503 g/mol. The molecule has 0 unspecified atom stereocenters. The molecule has 1 aliphatic rings. The Kier molecular flexibility index (Phi) is 11.0. The minimum absolute atomic E-state index is 0.325. The molecule has 37 heavy (non-hydrogen) atoms. The SMILES string of the molecule is CCC1(COCCCCCCCCCCOCc2ccc(-c3ccc(C)c4ccccc34)cc2)COC1. The number of hydrogen-bond donors (Lipinski definition) is 0. The highest BCUT2D eigenvalue weighted by molar-refractivity contribution is 5.98. The van der Waals surface area contributed by atoms with Crippen LogP contribution in [0.5, 0.6) is 0 Å². The van der Waals surface area contributed by atoms with Crippen LogP contribution in [0.2, 0.25) is 0 Å². The topological polar surface area (TPSA) is 27.7 Å². The number of fused-ring (bicyclic) bond motifs is 1. The van der Waals surface area contributed by atoms with E-state index < -0.39 is 0 Å². The van der Waals surface area contributed by atoms with Crippen molar-refractivity contribution in [1.29, 1.82) is 0 Å². The first-order valence-corrected chi connectivity index (χ1v) is 14.5. The Morgan fingerprint density at radius 2 is 1.32 bits per heavy atom. The lowest BCUT2D eigenvalue weighted by atomic mass is 9.84. The molecule has 0 spiro atoms. The largest absolute Gasteiger partial charge is 0.381 e. The molecule has 0 aromatic heterocycles. The zero-order chi connectivity index (χ0) is 25.8. The van der Waals surface area contributed by atoms with Crippen molar-refractivity contribution < 1.29 is 14.2 Å². The van der Waals surface area contributed by atoms with Crippen molar-refractivity contribution in [2.45, 2.75) is 78.2 Å². The first kappa shape index (κ1) is 27.8. The van der Waals surface area contributed by atoms with Gasteiger partial charge in [-0.15, -0.1) is 0 Å². The van der Waals surface area contributed by atoms with E-state index in [0.29, 0.717) is 12.0 Å². The van der Waals surface area contributed by atoms with Crippen molar-refractivity contribution in [2.75, 3.05) is 33.0 Å². The maximum atomic E-state index is 5.96. The highest BCUT2D eigenvalue weighted by Crippen LogP contribution is 2.32. The summed E-state index contributed by atoms with van der Waals surface area (Å²) >= 11 is 0. The van der Waals surface area contributed by atoms with Crippen LogP contribution in [0.1, 0.15) is 75.8 Å². The van der Waals surface area contributed by atoms with Crippen molar-refractivity contribution in [1.82, 2.24) is 0 Å². The molecule has 1 aliphatic heterocycles. The molecule has 1 heterocycles. The summed E-state index contributed by atoms with van der Waals surface area (Å²) in [6.45, 7) is 9.52. The lowest BCUT2D eigenvalue weighted by Gasteiger charge is -2.40. The van der Waals surface area contributed by atoms with E-state index in [1.165, 1.54) is 78.0 Å². The lowest BCUT2D eigenvalue weighted by molar-refractivity contribution is -0.150. The molecule has 0 N–H and O–H groups in total. The van der Waals surface area contributed by atoms with Gasteiger partial charge < -0.3 is 14.2 Å². The predicted octanol–water partition coefficient (Wildman–Crippen LogP) is 8.90. The molecule has 3 heteroatoms. The molecule has 200 valence electrons. The minimum atomic E-state index is 0.325. The second-order valence-electron chi connectivity index (χ2n) is 11.0. The molecule has 0 aliphatic carbocycles. The summed E-state index contributed by atoms with van der Waals surface area (Å²) < 4.78 is 17.2. The van der Waals surface area contributed by atoms with Gasteiger partial charge in [0.15, 0.2) is 0 Å². The zero-order valence-corrected chi connectivity index (χ0v) is 23.1. The highest BCUT2D eigenvalue weighted by Gasteiger charge is 2.36. The average Bonchev–Trinajstić information content (AvgIpc) is 2.91. The molecule has 0 saturated carbocycles. The minimum Gasteiger partial charge on any atom is -0.381 e. The van der Waals surface area contributed by atoms with Crippen molar-refractivity contribution in [3.05, 3.63) is 71.8 Å². The fraction of sp³-hybridized carbons (Fsp3) is 0.529. The van der Waals surface area contributed by atoms with E-state index in [4.69, 9.17) is 14.2 Å². The monoisotopic (exact) mass is 502 g/mol. The van der Waals surface area contributed by atoms with E-state index in [0.717, 1.165) is 45.9 Å². The quantitative estimate of drug-likeness (QED) is 0.172. The molecule has 0 amide bonds. The third kappa shape index (κ3) is 8.14. The molecular formula is C34H46O3. The van der Waals surface area contributed by atoms with Gasteiger partial charge in [0.25, 0.3) is 0 Å². The van der Waals surface area contributed by atoms with Gasteiger partial charge in [0.1, 0.15) is 0 Å². The normalized spacial score (nSPS) is 14.6. The molecule has 1 fully saturated rings. The van der Waals surface area contributed by atoms with Crippen molar-refractivity contribution >= 4 is 10.8 Å². The van der Waals surface area contributed by atoms with E-state index >= 15 is 0 Å². The van der Waals surface area contributed by atoms with Gasteiger partial charge in [0.05, 0.1) is 26.4 Å². The van der Waals surface area contributed by atoms with Crippen LogP contribution < -0.4 is 0 Å². The summed E-state index contributed by atoms with van der Waals surface area (Å²) in [5.74, 6) is 0. The molecule has 4 rings (SSSR count). The molecule has 3 nitrogen and oxygen atoms in total. The van der Waals surface area contributed by atoms with Crippen LogP contribution in [0.15, 0.2) is 60.7 Å². The Labute approximate surface area is 224 Å². The van der Waals surface area contributed by atoms with Crippen molar-refractivity contribution in [2.24, 2.45) is 5.41 Å². The fourth-order valence-corrected chi connectivity index (χ4v) is 5.21. The zero-order valence-electron chi connectivity index (χ0n) is 23.1. The van der Waals surface area contributed by atoms with Crippen molar-refractivity contribution in [3.8, 4) is 11.1 Å². The Morgan fingerprint density at radius 3 is 1.95 bits per heavy atom. The Morgan fingerprint density at radius 1 is 0.703 bits per heavy atom. The van der Waals surface area contributed by atoms with Gasteiger partial charge in [-0.3, -0.25) is 0 Å². The number of benzene rings is 3. The molecule has 3 aromatic carbocycles. The first-order valence-electron chi connectivity index (χ1n) is 14.5. The Bertz CT molecular complexity index is 1060. The molecule has 0 atom stereocenters. The van der Waals surface area contributed by atoms with Crippen LogP contribution in [-0.4, -0.2) is 33.0 Å². The Balaban J connectivity index is 1.01.